The van der Waals surface area contributed by atoms with Crippen molar-refractivity contribution in [3.8, 4) is 0 Å². The predicted octanol–water partition coefficient (Wildman–Crippen LogP) is 3.57. The van der Waals surface area contributed by atoms with Crippen molar-refractivity contribution in [1.82, 2.24) is 5.32 Å². The first kappa shape index (κ1) is 28.1. The van der Waals surface area contributed by atoms with E-state index < -0.39 is 17.9 Å². The SMILES string of the molecule is COC(=O)C1=C(C)NC(COCCOCCN)=C(C(=O)OCC(C)C)[C@@H]1c1cccc(Cl)c1Cl. The van der Waals surface area contributed by atoms with Crippen molar-refractivity contribution in [2.45, 2.75) is 26.7 Å². The summed E-state index contributed by atoms with van der Waals surface area (Å²) in [6.07, 6.45) is 0. The van der Waals surface area contributed by atoms with Gasteiger partial charge in [-0.15, -0.1) is 0 Å². The van der Waals surface area contributed by atoms with E-state index in [-0.39, 0.29) is 41.9 Å². The topological polar surface area (TPSA) is 109 Å². The van der Waals surface area contributed by atoms with Gasteiger partial charge in [0.25, 0.3) is 0 Å². The van der Waals surface area contributed by atoms with E-state index in [0.29, 0.717) is 41.7 Å². The van der Waals surface area contributed by atoms with Crippen LogP contribution >= 0.6 is 23.2 Å². The Labute approximate surface area is 210 Å². The van der Waals surface area contributed by atoms with Gasteiger partial charge >= 0.3 is 11.9 Å². The van der Waals surface area contributed by atoms with Gasteiger partial charge in [0.15, 0.2) is 0 Å². The van der Waals surface area contributed by atoms with Gasteiger partial charge in [0.2, 0.25) is 0 Å². The molecule has 2 rings (SSSR count). The van der Waals surface area contributed by atoms with Gasteiger partial charge < -0.3 is 30.0 Å². The summed E-state index contributed by atoms with van der Waals surface area (Å²) in [5.74, 6) is -1.94. The van der Waals surface area contributed by atoms with Gasteiger partial charge in [-0.2, -0.15) is 0 Å². The number of allylic oxidation sites excluding steroid dienone is 1. The molecule has 188 valence electrons. The third-order valence-electron chi connectivity index (χ3n) is 4.99. The lowest BCUT2D eigenvalue weighted by atomic mass is 9.80. The monoisotopic (exact) mass is 514 g/mol. The first-order valence-electron chi connectivity index (χ1n) is 11.0. The zero-order chi connectivity index (χ0) is 25.3. The van der Waals surface area contributed by atoms with E-state index >= 15 is 0 Å². The van der Waals surface area contributed by atoms with Crippen LogP contribution < -0.4 is 11.1 Å². The highest BCUT2D eigenvalue weighted by Gasteiger charge is 2.40. The normalized spacial score (nSPS) is 16.1. The minimum atomic E-state index is -0.869. The molecule has 34 heavy (non-hydrogen) atoms. The van der Waals surface area contributed by atoms with E-state index in [1.54, 1.807) is 25.1 Å². The number of carbonyl (C=O) groups is 2. The molecule has 0 saturated carbocycles. The van der Waals surface area contributed by atoms with E-state index in [2.05, 4.69) is 5.32 Å². The Bertz CT molecular complexity index is 945. The van der Waals surface area contributed by atoms with Crippen LogP contribution in [-0.4, -0.2) is 58.6 Å². The van der Waals surface area contributed by atoms with Gasteiger partial charge in [0, 0.05) is 12.2 Å². The standard InChI is InChI=1S/C24H32Cl2N2O6/c1-14(2)12-34-24(30)21-18(13-33-11-10-32-9-8-27)28-15(3)19(23(29)31-4)20(21)16-6-5-7-17(25)22(16)26/h5-7,14,20,28H,8-13,27H2,1-4H3/t20-/m1/s1. The summed E-state index contributed by atoms with van der Waals surface area (Å²) < 4.78 is 21.7. The van der Waals surface area contributed by atoms with Gasteiger partial charge in [-0.1, -0.05) is 49.2 Å². The average Bonchev–Trinajstić information content (AvgIpc) is 2.80. The molecule has 0 saturated heterocycles. The van der Waals surface area contributed by atoms with Crippen LogP contribution in [0.25, 0.3) is 0 Å². The minimum Gasteiger partial charge on any atom is -0.466 e. The molecule has 1 aliphatic heterocycles. The third-order valence-corrected chi connectivity index (χ3v) is 5.82. The number of benzene rings is 1. The fourth-order valence-electron chi connectivity index (χ4n) is 3.48. The molecule has 0 amide bonds. The van der Waals surface area contributed by atoms with Crippen LogP contribution in [0, 0.1) is 5.92 Å². The second-order valence-corrected chi connectivity index (χ2v) is 8.85. The molecule has 10 heteroatoms. The van der Waals surface area contributed by atoms with Crippen LogP contribution in [0.4, 0.5) is 0 Å². The minimum absolute atomic E-state index is 0.0541. The van der Waals surface area contributed by atoms with Crippen molar-refractivity contribution in [2.24, 2.45) is 11.7 Å². The van der Waals surface area contributed by atoms with E-state index in [0.717, 1.165) is 0 Å². The number of carbonyl (C=O) groups excluding carboxylic acids is 2. The molecule has 0 spiro atoms. The van der Waals surface area contributed by atoms with Gasteiger partial charge in [-0.05, 0) is 24.5 Å². The summed E-state index contributed by atoms with van der Waals surface area (Å²) in [5, 5.41) is 3.66. The summed E-state index contributed by atoms with van der Waals surface area (Å²) >= 11 is 12.8. The Morgan fingerprint density at radius 1 is 1.09 bits per heavy atom. The average molecular weight is 515 g/mol. The number of halogens is 2. The summed E-state index contributed by atoms with van der Waals surface area (Å²) in [6.45, 7) is 7.32. The maximum Gasteiger partial charge on any atom is 0.336 e. The molecule has 0 radical (unpaired) electrons. The van der Waals surface area contributed by atoms with Crippen LogP contribution in [0.2, 0.25) is 10.0 Å². The van der Waals surface area contributed by atoms with Crippen LogP contribution in [-0.2, 0) is 28.5 Å². The number of esters is 2. The summed E-state index contributed by atoms with van der Waals surface area (Å²) in [5.41, 5.74) is 7.31. The highest BCUT2D eigenvalue weighted by atomic mass is 35.5. The molecule has 0 bridgehead atoms. The molecule has 8 nitrogen and oxygen atoms in total. The van der Waals surface area contributed by atoms with Gasteiger partial charge in [0.1, 0.15) is 0 Å². The molecule has 0 aliphatic carbocycles. The number of nitrogens with two attached hydrogens (primary N) is 1. The second kappa shape index (κ2) is 13.7. The van der Waals surface area contributed by atoms with Gasteiger partial charge in [-0.25, -0.2) is 9.59 Å². The van der Waals surface area contributed by atoms with Crippen LogP contribution in [0.1, 0.15) is 32.3 Å². The lowest BCUT2D eigenvalue weighted by Gasteiger charge is -2.32. The summed E-state index contributed by atoms with van der Waals surface area (Å²) in [4.78, 5) is 26.2. The highest BCUT2D eigenvalue weighted by Crippen LogP contribution is 2.43. The van der Waals surface area contributed by atoms with Crippen molar-refractivity contribution in [2.75, 3.05) is 46.7 Å². The lowest BCUT2D eigenvalue weighted by Crippen LogP contribution is -2.35. The molecular weight excluding hydrogens is 483 g/mol. The Morgan fingerprint density at radius 2 is 1.79 bits per heavy atom. The van der Waals surface area contributed by atoms with Crippen molar-refractivity contribution in [3.63, 3.8) is 0 Å². The van der Waals surface area contributed by atoms with Crippen molar-refractivity contribution >= 4 is 35.1 Å². The Morgan fingerprint density at radius 3 is 2.44 bits per heavy atom. The zero-order valence-electron chi connectivity index (χ0n) is 19.9. The first-order chi connectivity index (χ1) is 16.2. The van der Waals surface area contributed by atoms with Crippen molar-refractivity contribution in [3.05, 3.63) is 56.3 Å². The summed E-state index contributed by atoms with van der Waals surface area (Å²) in [7, 11) is 1.28. The molecule has 1 aromatic carbocycles. The molecular formula is C24H32Cl2N2O6. The maximum atomic E-state index is 13.4. The Balaban J connectivity index is 2.55. The Kier molecular flexibility index (Phi) is 11.3. The van der Waals surface area contributed by atoms with E-state index in [9.17, 15) is 9.59 Å². The van der Waals surface area contributed by atoms with E-state index in [1.165, 1.54) is 7.11 Å². The highest BCUT2D eigenvalue weighted by molar-refractivity contribution is 6.42. The predicted molar refractivity (Wildman–Crippen MR) is 131 cm³/mol. The number of hydrogen-bond donors (Lipinski definition) is 2. The van der Waals surface area contributed by atoms with Gasteiger partial charge in [-0.3, -0.25) is 0 Å². The van der Waals surface area contributed by atoms with Crippen LogP contribution in [0.5, 0.6) is 0 Å². The second-order valence-electron chi connectivity index (χ2n) is 8.07. The third kappa shape index (κ3) is 7.20. The molecule has 0 aromatic heterocycles. The number of methoxy groups -OCH3 is 1. The largest absolute Gasteiger partial charge is 0.466 e. The van der Waals surface area contributed by atoms with E-state index in [4.69, 9.17) is 47.9 Å². The molecule has 1 heterocycles. The van der Waals surface area contributed by atoms with Crippen molar-refractivity contribution < 1.29 is 28.5 Å². The number of rotatable bonds is 12. The molecule has 1 aromatic rings. The lowest BCUT2D eigenvalue weighted by molar-refractivity contribution is -0.140. The molecule has 1 aliphatic rings. The van der Waals surface area contributed by atoms with Gasteiger partial charge in [0.05, 0.1) is 73.0 Å². The quantitative estimate of drug-likeness (QED) is 0.321. The van der Waals surface area contributed by atoms with Crippen LogP contribution in [0.15, 0.2) is 40.7 Å². The van der Waals surface area contributed by atoms with Crippen molar-refractivity contribution in [1.29, 1.82) is 0 Å². The fourth-order valence-corrected chi connectivity index (χ4v) is 3.90. The maximum absolute atomic E-state index is 13.4. The first-order valence-corrected chi connectivity index (χ1v) is 11.7. The number of hydrogen-bond acceptors (Lipinski definition) is 8. The number of ether oxygens (including phenoxy) is 4. The zero-order valence-corrected chi connectivity index (χ0v) is 21.4. The number of dihydropyridines is 1. The molecule has 3 N–H and O–H groups in total. The summed E-state index contributed by atoms with van der Waals surface area (Å²) in [6, 6.07) is 5.06. The van der Waals surface area contributed by atoms with Crippen LogP contribution in [0.3, 0.4) is 0 Å². The smallest absolute Gasteiger partial charge is 0.336 e. The number of nitrogens with one attached hydrogen (secondary N) is 1. The molecule has 0 unspecified atom stereocenters. The van der Waals surface area contributed by atoms with E-state index in [1.807, 2.05) is 13.8 Å². The Hall–Kier alpha value is -2.10. The molecule has 1 atom stereocenters. The fraction of sp³-hybridized carbons (Fsp3) is 0.500. The molecule has 0 fully saturated rings.